The molecule has 0 saturated carbocycles. The summed E-state index contributed by atoms with van der Waals surface area (Å²) < 4.78 is 42.2. The summed E-state index contributed by atoms with van der Waals surface area (Å²) in [7, 11) is 0. The van der Waals surface area contributed by atoms with Crippen LogP contribution in [0.4, 0.5) is 13.2 Å². The van der Waals surface area contributed by atoms with Gasteiger partial charge >= 0.3 is 6.18 Å². The Balaban J connectivity index is 1.58. The Hall–Kier alpha value is -3.33. The lowest BCUT2D eigenvalue weighted by atomic mass is 10.1. The topological polar surface area (TPSA) is 64.2 Å². The molecule has 3 aromatic heterocycles. The predicted molar refractivity (Wildman–Crippen MR) is 105 cm³/mol. The van der Waals surface area contributed by atoms with Gasteiger partial charge in [-0.15, -0.1) is 10.2 Å². The van der Waals surface area contributed by atoms with Crippen molar-refractivity contribution in [3.8, 4) is 5.69 Å². The number of pyridine rings is 1. The Bertz CT molecular complexity index is 1230. The Kier molecular flexibility index (Phi) is 4.98. The third kappa shape index (κ3) is 3.76. The smallest absolute Gasteiger partial charge is 0.345 e. The van der Waals surface area contributed by atoms with Crippen LogP contribution in [-0.4, -0.2) is 25.1 Å². The minimum atomic E-state index is -4.57. The Labute approximate surface area is 173 Å². The van der Waals surface area contributed by atoms with Gasteiger partial charge in [-0.05, 0) is 42.8 Å². The molecule has 3 heterocycles. The lowest BCUT2D eigenvalue weighted by molar-refractivity contribution is -0.137. The average molecular weight is 434 g/mol. The van der Waals surface area contributed by atoms with Gasteiger partial charge in [0.25, 0.3) is 5.91 Å². The number of rotatable bonds is 4. The molecule has 10 heteroatoms. The number of hydrogen-bond acceptors (Lipinski definition) is 3. The van der Waals surface area contributed by atoms with Crippen LogP contribution in [0, 0.1) is 6.92 Å². The van der Waals surface area contributed by atoms with Crippen LogP contribution in [-0.2, 0) is 12.7 Å². The van der Waals surface area contributed by atoms with Crippen molar-refractivity contribution in [2.45, 2.75) is 19.6 Å². The normalized spacial score (nSPS) is 11.8. The van der Waals surface area contributed by atoms with Crippen LogP contribution in [0.5, 0.6) is 0 Å². The van der Waals surface area contributed by atoms with Crippen molar-refractivity contribution in [1.82, 2.24) is 24.5 Å². The molecule has 4 aromatic rings. The molecule has 0 aliphatic heterocycles. The number of alkyl halides is 3. The fourth-order valence-corrected chi connectivity index (χ4v) is 3.31. The summed E-state index contributed by atoms with van der Waals surface area (Å²) in [5, 5.41) is 10.2. The molecule has 0 radical (unpaired) electrons. The number of carbonyl (C=O) groups excluding carboxylic acids is 1. The van der Waals surface area contributed by atoms with E-state index >= 15 is 0 Å². The van der Waals surface area contributed by atoms with Crippen LogP contribution < -0.4 is 5.32 Å². The second kappa shape index (κ2) is 7.49. The molecule has 0 unspecified atom stereocenters. The number of carbonyl (C=O) groups is 1. The molecule has 0 bridgehead atoms. The number of fused-ring (bicyclic) bond motifs is 1. The zero-order chi connectivity index (χ0) is 21.5. The van der Waals surface area contributed by atoms with Crippen molar-refractivity contribution in [3.05, 3.63) is 82.5 Å². The highest BCUT2D eigenvalue weighted by Crippen LogP contribution is 2.32. The van der Waals surface area contributed by atoms with E-state index in [2.05, 4.69) is 15.5 Å². The lowest BCUT2D eigenvalue weighted by Gasteiger charge is -2.11. The van der Waals surface area contributed by atoms with Gasteiger partial charge in [0.15, 0.2) is 11.5 Å². The monoisotopic (exact) mass is 433 g/mol. The number of aryl methyl sites for hydroxylation is 1. The van der Waals surface area contributed by atoms with Crippen molar-refractivity contribution in [3.63, 3.8) is 0 Å². The first-order valence-electron chi connectivity index (χ1n) is 8.86. The molecule has 0 fully saturated rings. The molecule has 1 aromatic carbocycles. The Morgan fingerprint density at radius 2 is 1.90 bits per heavy atom. The second-order valence-corrected chi connectivity index (χ2v) is 7.07. The molecular weight excluding hydrogens is 419 g/mol. The maximum Gasteiger partial charge on any atom is 0.417 e. The summed E-state index contributed by atoms with van der Waals surface area (Å²) in [6, 6.07) is 9.80. The highest BCUT2D eigenvalue weighted by atomic mass is 35.5. The number of nitrogens with zero attached hydrogens (tertiary/aromatic N) is 4. The first kappa shape index (κ1) is 20.0. The van der Waals surface area contributed by atoms with Crippen LogP contribution in [0.1, 0.15) is 27.3 Å². The zero-order valence-electron chi connectivity index (χ0n) is 15.6. The lowest BCUT2D eigenvalue weighted by Crippen LogP contribution is -2.24. The molecule has 0 atom stereocenters. The summed E-state index contributed by atoms with van der Waals surface area (Å²) in [6.45, 7) is 1.81. The summed E-state index contributed by atoms with van der Waals surface area (Å²) in [6.07, 6.45) is 0.0285. The van der Waals surface area contributed by atoms with E-state index < -0.39 is 17.6 Å². The number of amides is 1. The van der Waals surface area contributed by atoms with Crippen LogP contribution in [0.25, 0.3) is 11.3 Å². The molecule has 1 amide bonds. The summed E-state index contributed by atoms with van der Waals surface area (Å²) in [4.78, 5) is 12.6. The Morgan fingerprint density at radius 1 is 1.17 bits per heavy atom. The summed E-state index contributed by atoms with van der Waals surface area (Å²) >= 11 is 5.91. The zero-order valence-corrected chi connectivity index (χ0v) is 16.4. The van der Waals surface area contributed by atoms with E-state index in [-0.39, 0.29) is 23.0 Å². The van der Waals surface area contributed by atoms with Gasteiger partial charge in [-0.2, -0.15) is 13.2 Å². The molecule has 0 spiro atoms. The number of nitrogens with one attached hydrogen (secondary N) is 1. The molecule has 6 nitrogen and oxygen atoms in total. The van der Waals surface area contributed by atoms with E-state index in [0.29, 0.717) is 5.56 Å². The summed E-state index contributed by atoms with van der Waals surface area (Å²) in [5.41, 5.74) is 1.40. The third-order valence-electron chi connectivity index (χ3n) is 4.62. The van der Waals surface area contributed by atoms with E-state index in [9.17, 15) is 18.0 Å². The fourth-order valence-electron chi connectivity index (χ4n) is 3.06. The van der Waals surface area contributed by atoms with Gasteiger partial charge in [0.2, 0.25) is 0 Å². The fraction of sp³-hybridized carbons (Fsp3) is 0.150. The van der Waals surface area contributed by atoms with Crippen molar-refractivity contribution in [2.24, 2.45) is 0 Å². The average Bonchev–Trinajstić information content (AvgIpc) is 3.36. The van der Waals surface area contributed by atoms with E-state index in [1.54, 1.807) is 12.1 Å². The van der Waals surface area contributed by atoms with E-state index in [1.807, 2.05) is 42.1 Å². The molecule has 4 rings (SSSR count). The van der Waals surface area contributed by atoms with Crippen molar-refractivity contribution >= 4 is 23.2 Å². The van der Waals surface area contributed by atoms with E-state index in [4.69, 9.17) is 11.6 Å². The van der Waals surface area contributed by atoms with Gasteiger partial charge in [-0.3, -0.25) is 9.20 Å². The number of hydrogen-bond donors (Lipinski definition) is 1. The minimum absolute atomic E-state index is 0.0825. The van der Waals surface area contributed by atoms with Crippen LogP contribution in [0.2, 0.25) is 5.02 Å². The van der Waals surface area contributed by atoms with Crippen molar-refractivity contribution in [2.75, 3.05) is 0 Å². The van der Waals surface area contributed by atoms with Gasteiger partial charge < -0.3 is 9.88 Å². The molecular formula is C20H15ClF3N5O. The van der Waals surface area contributed by atoms with Crippen LogP contribution in [0.15, 0.2) is 55.0 Å². The number of halogens is 4. The van der Waals surface area contributed by atoms with Gasteiger partial charge in [0.05, 0.1) is 17.1 Å². The standard InChI is InChI=1S/C20H15ClF3N5O/c1-12-4-5-13(8-16(12)28-6-2-3-7-28)19(30)25-10-17-26-27-18-15(21)9-14(11-29(17)18)20(22,23)24/h2-9,11H,10H2,1H3,(H,25,30). The highest BCUT2D eigenvalue weighted by Gasteiger charge is 2.32. The first-order chi connectivity index (χ1) is 14.2. The van der Waals surface area contributed by atoms with E-state index in [0.717, 1.165) is 27.9 Å². The van der Waals surface area contributed by atoms with Gasteiger partial charge in [0.1, 0.15) is 0 Å². The van der Waals surface area contributed by atoms with Crippen LogP contribution in [0.3, 0.4) is 0 Å². The maximum absolute atomic E-state index is 13.1. The predicted octanol–water partition coefficient (Wildman–Crippen LogP) is 4.43. The molecule has 1 N–H and O–H groups in total. The first-order valence-corrected chi connectivity index (χ1v) is 9.24. The van der Waals surface area contributed by atoms with Crippen molar-refractivity contribution in [1.29, 1.82) is 0 Å². The molecule has 30 heavy (non-hydrogen) atoms. The molecule has 0 aliphatic rings. The Morgan fingerprint density at radius 3 is 2.60 bits per heavy atom. The van der Waals surface area contributed by atoms with Gasteiger partial charge in [0, 0.05) is 29.8 Å². The number of benzene rings is 1. The highest BCUT2D eigenvalue weighted by molar-refractivity contribution is 6.33. The second-order valence-electron chi connectivity index (χ2n) is 6.66. The SMILES string of the molecule is Cc1ccc(C(=O)NCc2nnc3c(Cl)cc(C(F)(F)F)cn23)cc1-n1cccc1. The largest absolute Gasteiger partial charge is 0.417 e. The maximum atomic E-state index is 13.1. The summed E-state index contributed by atoms with van der Waals surface area (Å²) in [5.74, 6) is -0.262. The molecule has 154 valence electrons. The quantitative estimate of drug-likeness (QED) is 0.518. The van der Waals surface area contributed by atoms with Crippen LogP contribution >= 0.6 is 11.6 Å². The molecule has 0 saturated heterocycles. The van der Waals surface area contributed by atoms with E-state index in [1.165, 1.54) is 0 Å². The molecule has 0 aliphatic carbocycles. The van der Waals surface area contributed by atoms with Gasteiger partial charge in [-0.25, -0.2) is 0 Å². The van der Waals surface area contributed by atoms with Gasteiger partial charge in [-0.1, -0.05) is 17.7 Å². The third-order valence-corrected chi connectivity index (χ3v) is 4.90. The number of aromatic nitrogens is 4. The minimum Gasteiger partial charge on any atom is -0.345 e. The van der Waals surface area contributed by atoms with Crippen molar-refractivity contribution < 1.29 is 18.0 Å².